The SMILES string of the molecule is O=C1c2ccccc2C(=O)N1CCOCCOCCOCCCCCCI. The van der Waals surface area contributed by atoms with E-state index in [-0.39, 0.29) is 18.4 Å². The van der Waals surface area contributed by atoms with E-state index in [1.807, 2.05) is 0 Å². The van der Waals surface area contributed by atoms with Crippen LogP contribution in [0.25, 0.3) is 0 Å². The van der Waals surface area contributed by atoms with Gasteiger partial charge in [-0.05, 0) is 29.4 Å². The van der Waals surface area contributed by atoms with Crippen molar-refractivity contribution in [2.45, 2.75) is 25.7 Å². The number of benzene rings is 1. The molecule has 0 bridgehead atoms. The van der Waals surface area contributed by atoms with Gasteiger partial charge in [0.25, 0.3) is 11.8 Å². The molecule has 0 aliphatic carbocycles. The van der Waals surface area contributed by atoms with Gasteiger partial charge >= 0.3 is 0 Å². The van der Waals surface area contributed by atoms with Crippen LogP contribution in [0, 0.1) is 0 Å². The summed E-state index contributed by atoms with van der Waals surface area (Å²) in [5.41, 5.74) is 0.937. The molecule has 0 aromatic heterocycles. The molecule has 2 rings (SSSR count). The molecule has 0 fully saturated rings. The number of hydrogen-bond donors (Lipinski definition) is 0. The summed E-state index contributed by atoms with van der Waals surface area (Å²) in [6.45, 7) is 3.41. The molecule has 6 nitrogen and oxygen atoms in total. The van der Waals surface area contributed by atoms with E-state index in [2.05, 4.69) is 22.6 Å². The molecule has 2 amide bonds. The Morgan fingerprint density at radius 3 is 1.81 bits per heavy atom. The lowest BCUT2D eigenvalue weighted by Gasteiger charge is -2.13. The van der Waals surface area contributed by atoms with Crippen molar-refractivity contribution in [2.75, 3.05) is 50.6 Å². The van der Waals surface area contributed by atoms with Crippen molar-refractivity contribution in [2.24, 2.45) is 0 Å². The van der Waals surface area contributed by atoms with E-state index in [0.29, 0.717) is 44.2 Å². The largest absolute Gasteiger partial charge is 0.379 e. The third-order valence-corrected chi connectivity index (χ3v) is 5.02. The monoisotopic (exact) mass is 489 g/mol. The van der Waals surface area contributed by atoms with E-state index in [1.165, 1.54) is 28.6 Å². The number of unbranched alkanes of at least 4 members (excludes halogenated alkanes) is 3. The van der Waals surface area contributed by atoms with Gasteiger partial charge in [-0.15, -0.1) is 0 Å². The van der Waals surface area contributed by atoms with Gasteiger partial charge in [0.05, 0.1) is 50.7 Å². The number of nitrogens with zero attached hydrogens (tertiary/aromatic N) is 1. The summed E-state index contributed by atoms with van der Waals surface area (Å²) in [5.74, 6) is -0.496. The Kier molecular flexibility index (Phi) is 10.9. The van der Waals surface area contributed by atoms with E-state index in [0.717, 1.165) is 13.0 Å². The van der Waals surface area contributed by atoms with Gasteiger partial charge in [0.2, 0.25) is 0 Å². The first-order valence-electron chi connectivity index (χ1n) is 9.50. The Labute approximate surface area is 174 Å². The number of carbonyl (C=O) groups excluding carboxylic acids is 2. The number of amides is 2. The van der Waals surface area contributed by atoms with Crippen LogP contribution in [0.2, 0.25) is 0 Å². The highest BCUT2D eigenvalue weighted by Gasteiger charge is 2.34. The standard InChI is InChI=1S/C20H28INO5/c21-9-5-1-2-6-11-25-13-15-27-16-14-26-12-10-22-19(23)17-7-3-4-8-18(17)20(22)24/h3-4,7-8H,1-2,5-6,9-16H2. The molecule has 1 aromatic rings. The molecular formula is C20H28INO5. The second-order valence-electron chi connectivity index (χ2n) is 6.25. The zero-order chi connectivity index (χ0) is 19.3. The maximum absolute atomic E-state index is 12.2. The van der Waals surface area contributed by atoms with Gasteiger partial charge in [0, 0.05) is 6.61 Å². The summed E-state index contributed by atoms with van der Waals surface area (Å²) < 4.78 is 17.6. The van der Waals surface area contributed by atoms with Gasteiger partial charge in [0.15, 0.2) is 0 Å². The fourth-order valence-electron chi connectivity index (χ4n) is 2.79. The molecule has 0 atom stereocenters. The molecule has 1 aliphatic heterocycles. The fourth-order valence-corrected chi connectivity index (χ4v) is 3.33. The number of alkyl halides is 1. The molecule has 1 aromatic carbocycles. The number of fused-ring (bicyclic) bond motifs is 1. The second kappa shape index (κ2) is 13.2. The number of hydrogen-bond acceptors (Lipinski definition) is 5. The Hall–Kier alpha value is -1.03. The first-order chi connectivity index (χ1) is 13.3. The van der Waals surface area contributed by atoms with E-state index in [1.54, 1.807) is 24.3 Å². The minimum atomic E-state index is -0.248. The lowest BCUT2D eigenvalue weighted by molar-refractivity contribution is 0.0106. The second-order valence-corrected chi connectivity index (χ2v) is 7.33. The summed E-state index contributed by atoms with van der Waals surface area (Å²) in [6.07, 6.45) is 4.90. The van der Waals surface area contributed by atoms with Crippen LogP contribution >= 0.6 is 22.6 Å². The zero-order valence-electron chi connectivity index (χ0n) is 15.7. The molecule has 150 valence electrons. The quantitative estimate of drug-likeness (QED) is 0.164. The fraction of sp³-hybridized carbons (Fsp3) is 0.600. The molecule has 0 unspecified atom stereocenters. The van der Waals surface area contributed by atoms with Crippen LogP contribution in [0.4, 0.5) is 0 Å². The van der Waals surface area contributed by atoms with Crippen LogP contribution in [-0.2, 0) is 14.2 Å². The van der Waals surface area contributed by atoms with E-state index >= 15 is 0 Å². The highest BCUT2D eigenvalue weighted by atomic mass is 127. The highest BCUT2D eigenvalue weighted by molar-refractivity contribution is 14.1. The average Bonchev–Trinajstić information content (AvgIpc) is 2.93. The lowest BCUT2D eigenvalue weighted by atomic mass is 10.1. The minimum Gasteiger partial charge on any atom is -0.379 e. The Balaban J connectivity index is 1.43. The van der Waals surface area contributed by atoms with E-state index < -0.39 is 0 Å². The van der Waals surface area contributed by atoms with Crippen molar-refractivity contribution >= 4 is 34.4 Å². The van der Waals surface area contributed by atoms with Crippen molar-refractivity contribution in [1.29, 1.82) is 0 Å². The molecule has 0 saturated heterocycles. The predicted octanol–water partition coefficient (Wildman–Crippen LogP) is 3.33. The van der Waals surface area contributed by atoms with Crippen LogP contribution in [-0.4, -0.2) is 67.3 Å². The summed E-state index contributed by atoms with van der Waals surface area (Å²) >= 11 is 2.40. The maximum Gasteiger partial charge on any atom is 0.261 e. The molecule has 1 heterocycles. The maximum atomic E-state index is 12.2. The molecule has 0 saturated carbocycles. The Bertz CT molecular complexity index is 560. The van der Waals surface area contributed by atoms with Crippen molar-refractivity contribution in [3.63, 3.8) is 0 Å². The topological polar surface area (TPSA) is 65.1 Å². The predicted molar refractivity (Wildman–Crippen MR) is 112 cm³/mol. The third-order valence-electron chi connectivity index (χ3n) is 4.25. The molecule has 27 heavy (non-hydrogen) atoms. The zero-order valence-corrected chi connectivity index (χ0v) is 17.8. The number of ether oxygens (including phenoxy) is 3. The molecular weight excluding hydrogens is 461 g/mol. The normalized spacial score (nSPS) is 13.4. The van der Waals surface area contributed by atoms with Crippen molar-refractivity contribution in [3.8, 4) is 0 Å². The van der Waals surface area contributed by atoms with Gasteiger partial charge in [-0.3, -0.25) is 14.5 Å². The summed E-state index contributed by atoms with van der Waals surface area (Å²) in [7, 11) is 0. The van der Waals surface area contributed by atoms with Gasteiger partial charge < -0.3 is 14.2 Å². The number of halogens is 1. The van der Waals surface area contributed by atoms with E-state index in [9.17, 15) is 9.59 Å². The molecule has 7 heteroatoms. The van der Waals surface area contributed by atoms with Gasteiger partial charge in [-0.1, -0.05) is 47.6 Å². The molecule has 0 radical (unpaired) electrons. The smallest absolute Gasteiger partial charge is 0.261 e. The summed E-state index contributed by atoms with van der Waals surface area (Å²) in [6, 6.07) is 6.88. The minimum absolute atomic E-state index is 0.248. The van der Waals surface area contributed by atoms with Crippen molar-refractivity contribution in [1.82, 2.24) is 4.90 Å². The van der Waals surface area contributed by atoms with Crippen LogP contribution < -0.4 is 0 Å². The van der Waals surface area contributed by atoms with Crippen LogP contribution in [0.3, 0.4) is 0 Å². The van der Waals surface area contributed by atoms with Gasteiger partial charge in [-0.25, -0.2) is 0 Å². The first-order valence-corrected chi connectivity index (χ1v) is 11.0. The van der Waals surface area contributed by atoms with Gasteiger partial charge in [0.1, 0.15) is 0 Å². The van der Waals surface area contributed by atoms with Crippen LogP contribution in [0.1, 0.15) is 46.4 Å². The molecule has 1 aliphatic rings. The van der Waals surface area contributed by atoms with Gasteiger partial charge in [-0.2, -0.15) is 0 Å². The van der Waals surface area contributed by atoms with Crippen molar-refractivity contribution in [3.05, 3.63) is 35.4 Å². The molecule has 0 N–H and O–H groups in total. The number of imide groups is 1. The molecule has 0 spiro atoms. The van der Waals surface area contributed by atoms with Crippen molar-refractivity contribution < 1.29 is 23.8 Å². The van der Waals surface area contributed by atoms with Crippen LogP contribution in [0.5, 0.6) is 0 Å². The number of carbonyl (C=O) groups is 2. The third kappa shape index (κ3) is 7.48. The Morgan fingerprint density at radius 1 is 0.704 bits per heavy atom. The lowest BCUT2D eigenvalue weighted by Crippen LogP contribution is -2.33. The summed E-state index contributed by atoms with van der Waals surface area (Å²) in [5, 5.41) is 0. The van der Waals surface area contributed by atoms with E-state index in [4.69, 9.17) is 14.2 Å². The Morgan fingerprint density at radius 2 is 1.22 bits per heavy atom. The number of rotatable bonds is 15. The average molecular weight is 489 g/mol. The first kappa shape index (κ1) is 22.3. The highest BCUT2D eigenvalue weighted by Crippen LogP contribution is 2.21. The van der Waals surface area contributed by atoms with Crippen LogP contribution in [0.15, 0.2) is 24.3 Å². The summed E-state index contributed by atoms with van der Waals surface area (Å²) in [4.78, 5) is 25.6.